The van der Waals surface area contributed by atoms with Gasteiger partial charge in [-0.15, -0.1) is 24.0 Å². The maximum Gasteiger partial charge on any atom is 0.198 e. The summed E-state index contributed by atoms with van der Waals surface area (Å²) in [4.78, 5) is 6.62. The summed E-state index contributed by atoms with van der Waals surface area (Å²) >= 11 is 0. The third-order valence-electron chi connectivity index (χ3n) is 4.05. The Hall–Kier alpha value is -1.96. The van der Waals surface area contributed by atoms with Crippen molar-refractivity contribution in [1.29, 1.82) is 0 Å². The second-order valence-electron chi connectivity index (χ2n) is 5.53. The monoisotopic (exact) mass is 453 g/mol. The molecule has 0 saturated carbocycles. The average Bonchev–Trinajstić information content (AvgIpc) is 3.06. The van der Waals surface area contributed by atoms with Crippen molar-refractivity contribution in [3.63, 3.8) is 0 Å². The van der Waals surface area contributed by atoms with E-state index in [4.69, 9.17) is 9.47 Å². The molecule has 1 N–H and O–H groups in total. The minimum atomic E-state index is 0. The zero-order valence-corrected chi connectivity index (χ0v) is 16.9. The Bertz CT molecular complexity index is 721. The van der Waals surface area contributed by atoms with Gasteiger partial charge < -0.3 is 19.7 Å². The van der Waals surface area contributed by atoms with Gasteiger partial charge in [0.05, 0.1) is 13.7 Å². The molecule has 6 heteroatoms. The van der Waals surface area contributed by atoms with Gasteiger partial charge in [0.15, 0.2) is 5.96 Å². The van der Waals surface area contributed by atoms with Gasteiger partial charge in [-0.25, -0.2) is 0 Å². The first-order valence-corrected chi connectivity index (χ1v) is 8.15. The van der Waals surface area contributed by atoms with Crippen LogP contribution in [0.3, 0.4) is 0 Å². The number of rotatable bonds is 5. The van der Waals surface area contributed by atoms with Gasteiger partial charge in [-0.05, 0) is 30.2 Å². The summed E-state index contributed by atoms with van der Waals surface area (Å²) < 4.78 is 11.0. The Kier molecular flexibility index (Phi) is 7.36. The van der Waals surface area contributed by atoms with Gasteiger partial charge >= 0.3 is 0 Å². The van der Waals surface area contributed by atoms with E-state index >= 15 is 0 Å². The van der Waals surface area contributed by atoms with Crippen LogP contribution in [0.25, 0.3) is 0 Å². The fourth-order valence-electron chi connectivity index (χ4n) is 2.88. The predicted molar refractivity (Wildman–Crippen MR) is 113 cm³/mol. The molecule has 5 nitrogen and oxygen atoms in total. The number of guanidine groups is 1. The van der Waals surface area contributed by atoms with Crippen molar-refractivity contribution in [2.75, 3.05) is 38.8 Å². The van der Waals surface area contributed by atoms with E-state index in [0.717, 1.165) is 30.4 Å². The van der Waals surface area contributed by atoms with Gasteiger partial charge in [-0.2, -0.15) is 0 Å². The number of fused-ring (bicyclic) bond motifs is 1. The highest BCUT2D eigenvalue weighted by Gasteiger charge is 2.21. The van der Waals surface area contributed by atoms with Crippen LogP contribution in [-0.4, -0.2) is 39.8 Å². The smallest absolute Gasteiger partial charge is 0.198 e. The van der Waals surface area contributed by atoms with Crippen LogP contribution in [0.2, 0.25) is 0 Å². The van der Waals surface area contributed by atoms with E-state index in [0.29, 0.717) is 13.2 Å². The first-order chi connectivity index (χ1) is 11.8. The van der Waals surface area contributed by atoms with Crippen molar-refractivity contribution in [2.45, 2.75) is 6.42 Å². The topological polar surface area (TPSA) is 46.1 Å². The van der Waals surface area contributed by atoms with E-state index in [9.17, 15) is 0 Å². The number of benzene rings is 2. The van der Waals surface area contributed by atoms with E-state index < -0.39 is 0 Å². The Morgan fingerprint density at radius 1 is 1.16 bits per heavy atom. The number of hydrogen-bond acceptors (Lipinski definition) is 3. The molecule has 0 atom stereocenters. The first-order valence-electron chi connectivity index (χ1n) is 8.15. The van der Waals surface area contributed by atoms with Gasteiger partial charge in [0.2, 0.25) is 0 Å². The second-order valence-corrected chi connectivity index (χ2v) is 5.53. The Balaban J connectivity index is 0.00000225. The third-order valence-corrected chi connectivity index (χ3v) is 4.05. The maximum absolute atomic E-state index is 5.76. The average molecular weight is 453 g/mol. The number of nitrogens with zero attached hydrogens (tertiary/aromatic N) is 2. The third kappa shape index (κ3) is 4.78. The van der Waals surface area contributed by atoms with Crippen LogP contribution in [-0.2, 0) is 6.42 Å². The Morgan fingerprint density at radius 3 is 2.76 bits per heavy atom. The van der Waals surface area contributed by atoms with Crippen molar-refractivity contribution < 1.29 is 9.47 Å². The highest BCUT2D eigenvalue weighted by atomic mass is 127. The molecule has 0 unspecified atom stereocenters. The lowest BCUT2D eigenvalue weighted by atomic mass is 10.2. The molecule has 2 aromatic carbocycles. The summed E-state index contributed by atoms with van der Waals surface area (Å²) in [5.41, 5.74) is 2.60. The van der Waals surface area contributed by atoms with Crippen molar-refractivity contribution in [1.82, 2.24) is 5.32 Å². The molecule has 1 aliphatic rings. The fourth-order valence-corrected chi connectivity index (χ4v) is 2.88. The van der Waals surface area contributed by atoms with Crippen LogP contribution < -0.4 is 19.7 Å². The summed E-state index contributed by atoms with van der Waals surface area (Å²) in [7, 11) is 3.46. The van der Waals surface area contributed by atoms with E-state index in [2.05, 4.69) is 39.5 Å². The molecule has 0 aliphatic carbocycles. The molecule has 0 bridgehead atoms. The number of hydrogen-bond donors (Lipinski definition) is 1. The van der Waals surface area contributed by atoms with Gasteiger partial charge in [0.25, 0.3) is 0 Å². The van der Waals surface area contributed by atoms with Crippen LogP contribution in [0.1, 0.15) is 5.56 Å². The van der Waals surface area contributed by atoms with Crippen molar-refractivity contribution in [2.24, 2.45) is 4.99 Å². The van der Waals surface area contributed by atoms with E-state index in [1.54, 1.807) is 7.11 Å². The lowest BCUT2D eigenvalue weighted by molar-refractivity contribution is 0.319. The predicted octanol–water partition coefficient (Wildman–Crippen LogP) is 3.33. The van der Waals surface area contributed by atoms with Gasteiger partial charge in [0.1, 0.15) is 18.1 Å². The molecule has 0 fully saturated rings. The number of aliphatic imine (C=N–C) groups is 1. The zero-order valence-electron chi connectivity index (χ0n) is 14.6. The molecule has 3 rings (SSSR count). The Labute approximate surface area is 166 Å². The SMILES string of the molecule is CN=C(NCCOc1cccc(OC)c1)N1CCc2ccccc21.I. The quantitative estimate of drug-likeness (QED) is 0.327. The van der Waals surface area contributed by atoms with Crippen molar-refractivity contribution in [3.8, 4) is 11.5 Å². The zero-order chi connectivity index (χ0) is 16.8. The lowest BCUT2D eigenvalue weighted by Crippen LogP contribution is -2.42. The largest absolute Gasteiger partial charge is 0.497 e. The highest BCUT2D eigenvalue weighted by Crippen LogP contribution is 2.27. The molecule has 1 aliphatic heterocycles. The normalized spacial score (nSPS) is 13.0. The fraction of sp³-hybridized carbons (Fsp3) is 0.316. The van der Waals surface area contributed by atoms with Crippen LogP contribution in [0.4, 0.5) is 5.69 Å². The van der Waals surface area contributed by atoms with Gasteiger partial charge in [-0.3, -0.25) is 4.99 Å². The molecule has 2 aromatic rings. The molecule has 25 heavy (non-hydrogen) atoms. The number of anilines is 1. The number of nitrogens with one attached hydrogen (secondary N) is 1. The van der Waals surface area contributed by atoms with E-state index in [-0.39, 0.29) is 24.0 Å². The first kappa shape index (κ1) is 19.4. The summed E-state index contributed by atoms with van der Waals surface area (Å²) in [6, 6.07) is 16.1. The Morgan fingerprint density at radius 2 is 1.96 bits per heavy atom. The molecule has 1 heterocycles. The van der Waals surface area contributed by atoms with Crippen molar-refractivity contribution >= 4 is 35.6 Å². The molecule has 0 radical (unpaired) electrons. The van der Waals surface area contributed by atoms with Crippen LogP contribution >= 0.6 is 24.0 Å². The van der Waals surface area contributed by atoms with Gasteiger partial charge in [-0.1, -0.05) is 24.3 Å². The van der Waals surface area contributed by atoms with Crippen molar-refractivity contribution in [3.05, 3.63) is 54.1 Å². The number of para-hydroxylation sites is 1. The summed E-state index contributed by atoms with van der Waals surface area (Å²) in [5.74, 6) is 2.48. The van der Waals surface area contributed by atoms with Crippen LogP contribution in [0, 0.1) is 0 Å². The van der Waals surface area contributed by atoms with Gasteiger partial charge in [0, 0.05) is 25.3 Å². The number of halogens is 1. The second kappa shape index (κ2) is 9.50. The lowest BCUT2D eigenvalue weighted by Gasteiger charge is -2.22. The number of ether oxygens (including phenoxy) is 2. The standard InChI is InChI=1S/C19H23N3O2.HI/c1-20-19(22-12-10-15-6-3-4-9-18(15)22)21-11-13-24-17-8-5-7-16(14-17)23-2;/h3-9,14H,10-13H2,1-2H3,(H,20,21);1H. The molecule has 0 spiro atoms. The van der Waals surface area contributed by atoms with Crippen LogP contribution in [0.15, 0.2) is 53.5 Å². The molecular formula is C19H24IN3O2. The summed E-state index contributed by atoms with van der Waals surface area (Å²) in [5, 5.41) is 3.37. The minimum absolute atomic E-state index is 0. The molecule has 0 saturated heterocycles. The highest BCUT2D eigenvalue weighted by molar-refractivity contribution is 14.0. The maximum atomic E-state index is 5.76. The minimum Gasteiger partial charge on any atom is -0.497 e. The van der Waals surface area contributed by atoms with Crippen LogP contribution in [0.5, 0.6) is 11.5 Å². The van der Waals surface area contributed by atoms with E-state index in [1.165, 1.54) is 11.3 Å². The number of methoxy groups -OCH3 is 1. The summed E-state index contributed by atoms with van der Waals surface area (Å²) in [6.07, 6.45) is 1.05. The summed E-state index contributed by atoms with van der Waals surface area (Å²) in [6.45, 7) is 2.19. The molecule has 0 amide bonds. The molecule has 0 aromatic heterocycles. The molecular weight excluding hydrogens is 429 g/mol. The molecule has 134 valence electrons. The van der Waals surface area contributed by atoms with E-state index in [1.807, 2.05) is 31.3 Å².